The summed E-state index contributed by atoms with van der Waals surface area (Å²) >= 11 is 7.36. The van der Waals surface area contributed by atoms with E-state index in [1.165, 1.54) is 28.9 Å². The standard InChI is InChI=1S/C24H20ClFN2O2S/c1-30-20-10-4-16(5-11-20)22-14-23(17-2-8-19(26)9-3-17)28(27-22)24(29)15-31-21-12-6-18(25)7-13-21/h2-13,23H,14-15H2,1H3. The molecule has 0 radical (unpaired) electrons. The fraction of sp³-hybridized carbons (Fsp3) is 0.167. The molecule has 4 rings (SSSR count). The lowest BCUT2D eigenvalue weighted by Gasteiger charge is -2.22. The second kappa shape index (κ2) is 9.54. The van der Waals surface area contributed by atoms with Crippen LogP contribution in [0.2, 0.25) is 5.02 Å². The molecule has 1 amide bonds. The molecule has 0 saturated carbocycles. The minimum absolute atomic E-state index is 0.113. The van der Waals surface area contributed by atoms with Crippen molar-refractivity contribution in [3.05, 3.63) is 94.8 Å². The van der Waals surface area contributed by atoms with Crippen LogP contribution in [0.5, 0.6) is 5.75 Å². The third-order valence-electron chi connectivity index (χ3n) is 5.02. The Morgan fingerprint density at radius 2 is 1.77 bits per heavy atom. The Morgan fingerprint density at radius 3 is 2.42 bits per heavy atom. The number of hydrogen-bond donors (Lipinski definition) is 0. The summed E-state index contributed by atoms with van der Waals surface area (Å²) in [7, 11) is 1.62. The van der Waals surface area contributed by atoms with E-state index in [-0.39, 0.29) is 23.5 Å². The maximum absolute atomic E-state index is 13.4. The molecule has 158 valence electrons. The summed E-state index contributed by atoms with van der Waals surface area (Å²) in [5.41, 5.74) is 2.58. The predicted octanol–water partition coefficient (Wildman–Crippen LogP) is 5.96. The monoisotopic (exact) mass is 454 g/mol. The van der Waals surface area contributed by atoms with Gasteiger partial charge < -0.3 is 4.74 Å². The molecule has 3 aromatic carbocycles. The predicted molar refractivity (Wildman–Crippen MR) is 122 cm³/mol. The van der Waals surface area contributed by atoms with E-state index in [2.05, 4.69) is 5.10 Å². The minimum Gasteiger partial charge on any atom is -0.497 e. The third kappa shape index (κ3) is 5.09. The number of carbonyl (C=O) groups is 1. The molecule has 1 aliphatic rings. The number of nitrogens with zero attached hydrogens (tertiary/aromatic N) is 2. The maximum Gasteiger partial charge on any atom is 0.253 e. The van der Waals surface area contributed by atoms with E-state index in [1.54, 1.807) is 31.4 Å². The van der Waals surface area contributed by atoms with Crippen molar-refractivity contribution in [2.75, 3.05) is 12.9 Å². The van der Waals surface area contributed by atoms with Gasteiger partial charge in [-0.3, -0.25) is 4.79 Å². The summed E-state index contributed by atoms with van der Waals surface area (Å²) in [6.45, 7) is 0. The Hall–Kier alpha value is -2.83. The van der Waals surface area contributed by atoms with Gasteiger partial charge >= 0.3 is 0 Å². The quantitative estimate of drug-likeness (QED) is 0.432. The van der Waals surface area contributed by atoms with Gasteiger partial charge in [-0.15, -0.1) is 11.8 Å². The first-order valence-corrected chi connectivity index (χ1v) is 11.1. The molecular formula is C24H20ClFN2O2S. The van der Waals surface area contributed by atoms with Gasteiger partial charge in [0.1, 0.15) is 11.6 Å². The molecule has 1 heterocycles. The van der Waals surface area contributed by atoms with Gasteiger partial charge in [0.25, 0.3) is 5.91 Å². The first-order chi connectivity index (χ1) is 15.0. The molecule has 1 atom stereocenters. The molecule has 0 bridgehead atoms. The molecular weight excluding hydrogens is 435 g/mol. The van der Waals surface area contributed by atoms with Crippen LogP contribution < -0.4 is 4.74 Å². The van der Waals surface area contributed by atoms with Crippen LogP contribution in [0, 0.1) is 5.82 Å². The third-order valence-corrected chi connectivity index (χ3v) is 6.27. The van der Waals surface area contributed by atoms with Crippen molar-refractivity contribution < 1.29 is 13.9 Å². The topological polar surface area (TPSA) is 41.9 Å². The van der Waals surface area contributed by atoms with Gasteiger partial charge in [-0.05, 0) is 71.8 Å². The van der Waals surface area contributed by atoms with Crippen LogP contribution in [0.3, 0.4) is 0 Å². The van der Waals surface area contributed by atoms with Crippen molar-refractivity contribution in [3.8, 4) is 5.75 Å². The molecule has 0 saturated heterocycles. The van der Waals surface area contributed by atoms with Crippen molar-refractivity contribution in [2.45, 2.75) is 17.4 Å². The molecule has 1 aliphatic heterocycles. The van der Waals surface area contributed by atoms with Crippen LogP contribution in [-0.2, 0) is 4.79 Å². The van der Waals surface area contributed by atoms with Gasteiger partial charge in [-0.25, -0.2) is 9.40 Å². The van der Waals surface area contributed by atoms with Gasteiger partial charge in [0.15, 0.2) is 0 Å². The summed E-state index contributed by atoms with van der Waals surface area (Å²) in [6.07, 6.45) is 0.551. The molecule has 3 aromatic rings. The SMILES string of the molecule is COc1ccc(C2=NN(C(=O)CSc3ccc(Cl)cc3)C(c3ccc(F)cc3)C2)cc1. The number of carbonyl (C=O) groups excluding carboxylic acids is 1. The Morgan fingerprint density at radius 1 is 1.10 bits per heavy atom. The normalized spacial score (nSPS) is 15.6. The molecule has 0 fully saturated rings. The van der Waals surface area contributed by atoms with E-state index in [0.717, 1.165) is 27.5 Å². The Labute approximate surface area is 189 Å². The summed E-state index contributed by atoms with van der Waals surface area (Å²) < 4.78 is 18.7. The fourth-order valence-electron chi connectivity index (χ4n) is 3.38. The second-order valence-electron chi connectivity index (χ2n) is 7.03. The van der Waals surface area contributed by atoms with Crippen LogP contribution in [0.1, 0.15) is 23.6 Å². The van der Waals surface area contributed by atoms with E-state index < -0.39 is 0 Å². The van der Waals surface area contributed by atoms with Gasteiger partial charge in [0.2, 0.25) is 0 Å². The first kappa shape index (κ1) is 21.4. The van der Waals surface area contributed by atoms with Crippen LogP contribution in [0.15, 0.2) is 82.8 Å². The maximum atomic E-state index is 13.4. The van der Waals surface area contributed by atoms with Crippen molar-refractivity contribution in [3.63, 3.8) is 0 Å². The highest BCUT2D eigenvalue weighted by molar-refractivity contribution is 8.00. The number of methoxy groups -OCH3 is 1. The molecule has 1 unspecified atom stereocenters. The molecule has 0 spiro atoms. The lowest BCUT2D eigenvalue weighted by atomic mass is 9.98. The smallest absolute Gasteiger partial charge is 0.253 e. The molecule has 0 aromatic heterocycles. The highest BCUT2D eigenvalue weighted by Crippen LogP contribution is 2.34. The number of halogens is 2. The van der Waals surface area contributed by atoms with E-state index in [1.807, 2.05) is 36.4 Å². The van der Waals surface area contributed by atoms with Gasteiger partial charge in [-0.1, -0.05) is 23.7 Å². The summed E-state index contributed by atoms with van der Waals surface area (Å²) in [6, 6.07) is 20.9. The van der Waals surface area contributed by atoms with Gasteiger partial charge in [0, 0.05) is 16.3 Å². The Balaban J connectivity index is 1.57. The molecule has 7 heteroatoms. The highest BCUT2D eigenvalue weighted by atomic mass is 35.5. The zero-order valence-corrected chi connectivity index (χ0v) is 18.4. The number of amides is 1. The van der Waals surface area contributed by atoms with E-state index in [9.17, 15) is 9.18 Å². The molecule has 31 heavy (non-hydrogen) atoms. The Bertz CT molecular complexity index is 1090. The van der Waals surface area contributed by atoms with E-state index in [0.29, 0.717) is 11.4 Å². The number of thioether (sulfide) groups is 1. The first-order valence-electron chi connectivity index (χ1n) is 9.71. The summed E-state index contributed by atoms with van der Waals surface area (Å²) in [5, 5.41) is 6.83. The minimum atomic E-state index is -0.311. The fourth-order valence-corrected chi connectivity index (χ4v) is 4.26. The van der Waals surface area contributed by atoms with E-state index in [4.69, 9.17) is 16.3 Å². The number of rotatable bonds is 6. The summed E-state index contributed by atoms with van der Waals surface area (Å²) in [5.74, 6) is 0.565. The van der Waals surface area contributed by atoms with Crippen molar-refractivity contribution in [1.29, 1.82) is 0 Å². The molecule has 4 nitrogen and oxygen atoms in total. The zero-order valence-electron chi connectivity index (χ0n) is 16.8. The molecule has 0 aliphatic carbocycles. The lowest BCUT2D eigenvalue weighted by molar-refractivity contribution is -0.130. The van der Waals surface area contributed by atoms with Crippen molar-refractivity contribution in [2.24, 2.45) is 5.10 Å². The molecule has 0 N–H and O–H groups in total. The number of hydrazone groups is 1. The van der Waals surface area contributed by atoms with Crippen molar-refractivity contribution >= 4 is 35.0 Å². The number of hydrogen-bond acceptors (Lipinski definition) is 4. The highest BCUT2D eigenvalue weighted by Gasteiger charge is 2.33. The average Bonchev–Trinajstić information content (AvgIpc) is 3.24. The Kier molecular flexibility index (Phi) is 6.59. The van der Waals surface area contributed by atoms with E-state index >= 15 is 0 Å². The number of ether oxygens (including phenoxy) is 1. The van der Waals surface area contributed by atoms with Crippen LogP contribution in [-0.4, -0.2) is 29.5 Å². The van der Waals surface area contributed by atoms with Crippen LogP contribution in [0.25, 0.3) is 0 Å². The second-order valence-corrected chi connectivity index (χ2v) is 8.51. The largest absolute Gasteiger partial charge is 0.497 e. The van der Waals surface area contributed by atoms with Gasteiger partial charge in [0.05, 0.1) is 24.6 Å². The van der Waals surface area contributed by atoms with Crippen LogP contribution >= 0.6 is 23.4 Å². The lowest BCUT2D eigenvalue weighted by Crippen LogP contribution is -2.28. The average molecular weight is 455 g/mol. The van der Waals surface area contributed by atoms with Crippen molar-refractivity contribution in [1.82, 2.24) is 5.01 Å². The summed E-state index contributed by atoms with van der Waals surface area (Å²) in [4.78, 5) is 14.0. The van der Waals surface area contributed by atoms with Gasteiger partial charge in [-0.2, -0.15) is 5.10 Å². The van der Waals surface area contributed by atoms with Crippen LogP contribution in [0.4, 0.5) is 4.39 Å². The zero-order chi connectivity index (χ0) is 21.8. The number of benzene rings is 3.